The molecule has 1 fully saturated rings. The largest absolute Gasteiger partial charge is 0.484 e. The molecule has 1 aliphatic heterocycles. The van der Waals surface area contributed by atoms with Crippen LogP contribution in [0.3, 0.4) is 0 Å². The number of hydrogen-bond acceptors (Lipinski definition) is 4. The van der Waals surface area contributed by atoms with Gasteiger partial charge < -0.3 is 15.4 Å². The van der Waals surface area contributed by atoms with Crippen molar-refractivity contribution in [3.63, 3.8) is 0 Å². The monoisotopic (exact) mass is 339 g/mol. The number of carbonyl (C=O) groups is 2. The van der Waals surface area contributed by atoms with Crippen LogP contribution in [0.4, 0.5) is 0 Å². The summed E-state index contributed by atoms with van der Waals surface area (Å²) in [5.41, 5.74) is 6.86. The SMILES string of the molecule is NC(=O)c1ccc(OCC(=O)N2CCC(Cc3ccncc3)C2)cc1. The zero-order valence-electron chi connectivity index (χ0n) is 13.9. The van der Waals surface area contributed by atoms with E-state index in [9.17, 15) is 9.59 Å². The Hall–Kier alpha value is -2.89. The van der Waals surface area contributed by atoms with Crippen LogP contribution in [-0.2, 0) is 11.2 Å². The molecule has 0 spiro atoms. The number of nitrogens with two attached hydrogens (primary N) is 1. The number of carbonyl (C=O) groups excluding carboxylic acids is 2. The number of likely N-dealkylation sites (tertiary alicyclic amines) is 1. The Morgan fingerprint density at radius 2 is 1.88 bits per heavy atom. The maximum Gasteiger partial charge on any atom is 0.260 e. The van der Waals surface area contributed by atoms with Gasteiger partial charge in [-0.2, -0.15) is 0 Å². The van der Waals surface area contributed by atoms with Crippen LogP contribution in [0.1, 0.15) is 22.3 Å². The van der Waals surface area contributed by atoms with Gasteiger partial charge in [0, 0.05) is 31.0 Å². The van der Waals surface area contributed by atoms with Crippen molar-refractivity contribution in [2.75, 3.05) is 19.7 Å². The Bertz CT molecular complexity index is 731. The Kier molecular flexibility index (Phi) is 5.28. The van der Waals surface area contributed by atoms with E-state index in [4.69, 9.17) is 10.5 Å². The lowest BCUT2D eigenvalue weighted by molar-refractivity contribution is -0.132. The van der Waals surface area contributed by atoms with E-state index in [0.717, 1.165) is 25.9 Å². The van der Waals surface area contributed by atoms with Crippen molar-refractivity contribution in [2.45, 2.75) is 12.8 Å². The van der Waals surface area contributed by atoms with E-state index in [2.05, 4.69) is 4.98 Å². The van der Waals surface area contributed by atoms with Crippen LogP contribution >= 0.6 is 0 Å². The summed E-state index contributed by atoms with van der Waals surface area (Å²) in [6.45, 7) is 1.52. The summed E-state index contributed by atoms with van der Waals surface area (Å²) in [7, 11) is 0. The van der Waals surface area contributed by atoms with Gasteiger partial charge in [-0.25, -0.2) is 0 Å². The van der Waals surface area contributed by atoms with Crippen molar-refractivity contribution >= 4 is 11.8 Å². The fourth-order valence-corrected chi connectivity index (χ4v) is 3.03. The average Bonchev–Trinajstić information content (AvgIpc) is 3.09. The first-order valence-electron chi connectivity index (χ1n) is 8.31. The lowest BCUT2D eigenvalue weighted by atomic mass is 10.00. The number of nitrogens with zero attached hydrogens (tertiary/aromatic N) is 2. The zero-order chi connectivity index (χ0) is 17.6. The molecule has 6 nitrogen and oxygen atoms in total. The van der Waals surface area contributed by atoms with Gasteiger partial charge in [0.15, 0.2) is 6.61 Å². The van der Waals surface area contributed by atoms with Gasteiger partial charge in [-0.1, -0.05) is 0 Å². The van der Waals surface area contributed by atoms with E-state index in [1.54, 1.807) is 36.7 Å². The minimum Gasteiger partial charge on any atom is -0.484 e. The third kappa shape index (κ3) is 4.56. The fourth-order valence-electron chi connectivity index (χ4n) is 3.03. The number of rotatable bonds is 6. The molecule has 0 aliphatic carbocycles. The minimum absolute atomic E-state index is 0.00209. The van der Waals surface area contributed by atoms with Crippen LogP contribution in [0.5, 0.6) is 5.75 Å². The van der Waals surface area contributed by atoms with Gasteiger partial charge in [-0.15, -0.1) is 0 Å². The average molecular weight is 339 g/mol. The van der Waals surface area contributed by atoms with Crippen molar-refractivity contribution in [1.82, 2.24) is 9.88 Å². The molecular formula is C19H21N3O3. The normalized spacial score (nSPS) is 16.6. The Morgan fingerprint density at radius 3 is 2.56 bits per heavy atom. The second-order valence-corrected chi connectivity index (χ2v) is 6.23. The molecule has 0 bridgehead atoms. The number of pyridine rings is 1. The highest BCUT2D eigenvalue weighted by Crippen LogP contribution is 2.21. The number of hydrogen-bond donors (Lipinski definition) is 1. The molecule has 130 valence electrons. The minimum atomic E-state index is -0.486. The molecule has 2 heterocycles. The first-order valence-corrected chi connectivity index (χ1v) is 8.31. The second kappa shape index (κ2) is 7.79. The van der Waals surface area contributed by atoms with E-state index < -0.39 is 5.91 Å². The first kappa shape index (κ1) is 17.0. The van der Waals surface area contributed by atoms with Gasteiger partial charge in [0.2, 0.25) is 5.91 Å². The summed E-state index contributed by atoms with van der Waals surface area (Å²) >= 11 is 0. The third-order valence-corrected chi connectivity index (χ3v) is 4.41. The Balaban J connectivity index is 1.46. The summed E-state index contributed by atoms with van der Waals surface area (Å²) in [6.07, 6.45) is 5.55. The fraction of sp³-hybridized carbons (Fsp3) is 0.316. The lowest BCUT2D eigenvalue weighted by Crippen LogP contribution is -2.33. The third-order valence-electron chi connectivity index (χ3n) is 4.41. The smallest absolute Gasteiger partial charge is 0.260 e. The number of ether oxygens (including phenoxy) is 1. The molecule has 3 rings (SSSR count). The van der Waals surface area contributed by atoms with Crippen molar-refractivity contribution in [1.29, 1.82) is 0 Å². The standard InChI is InChI=1S/C19H21N3O3/c20-19(24)16-1-3-17(4-2-16)25-13-18(23)22-10-7-15(12-22)11-14-5-8-21-9-6-14/h1-6,8-9,15H,7,10-13H2,(H2,20,24). The molecule has 0 saturated carbocycles. The lowest BCUT2D eigenvalue weighted by Gasteiger charge is -2.17. The van der Waals surface area contributed by atoms with Gasteiger partial charge in [0.05, 0.1) is 0 Å². The summed E-state index contributed by atoms with van der Waals surface area (Å²) < 4.78 is 5.52. The molecule has 1 aromatic carbocycles. The molecule has 0 radical (unpaired) electrons. The van der Waals surface area contributed by atoms with Crippen LogP contribution in [0, 0.1) is 5.92 Å². The summed E-state index contributed by atoms with van der Waals surface area (Å²) in [4.78, 5) is 29.2. The highest BCUT2D eigenvalue weighted by molar-refractivity contribution is 5.92. The van der Waals surface area contributed by atoms with Crippen LogP contribution in [0.25, 0.3) is 0 Å². The summed E-state index contributed by atoms with van der Waals surface area (Å²) in [5, 5.41) is 0. The number of benzene rings is 1. The van der Waals surface area contributed by atoms with Crippen LogP contribution < -0.4 is 10.5 Å². The molecule has 6 heteroatoms. The van der Waals surface area contributed by atoms with E-state index >= 15 is 0 Å². The number of primary amides is 1. The molecular weight excluding hydrogens is 318 g/mol. The van der Waals surface area contributed by atoms with Crippen LogP contribution in [0.2, 0.25) is 0 Å². The molecule has 2 aromatic rings. The van der Waals surface area contributed by atoms with Crippen LogP contribution in [-0.4, -0.2) is 41.4 Å². The van der Waals surface area contributed by atoms with Gasteiger partial charge in [0.25, 0.3) is 5.91 Å². The van der Waals surface area contributed by atoms with E-state index in [1.807, 2.05) is 17.0 Å². The summed E-state index contributed by atoms with van der Waals surface area (Å²) in [5.74, 6) is 0.517. The van der Waals surface area contributed by atoms with Crippen molar-refractivity contribution in [3.05, 3.63) is 59.9 Å². The molecule has 25 heavy (non-hydrogen) atoms. The van der Waals surface area contributed by atoms with Crippen molar-refractivity contribution in [2.24, 2.45) is 11.7 Å². The van der Waals surface area contributed by atoms with Crippen molar-refractivity contribution in [3.8, 4) is 5.75 Å². The zero-order valence-corrected chi connectivity index (χ0v) is 13.9. The molecule has 1 aliphatic rings. The second-order valence-electron chi connectivity index (χ2n) is 6.23. The maximum atomic E-state index is 12.3. The molecule has 1 atom stereocenters. The highest BCUT2D eigenvalue weighted by Gasteiger charge is 2.26. The molecule has 2 amide bonds. The Labute approximate surface area is 146 Å². The maximum absolute atomic E-state index is 12.3. The predicted molar refractivity (Wildman–Crippen MR) is 93.1 cm³/mol. The number of amides is 2. The van der Waals surface area contributed by atoms with E-state index in [-0.39, 0.29) is 12.5 Å². The quantitative estimate of drug-likeness (QED) is 0.867. The molecule has 1 saturated heterocycles. The van der Waals surface area contributed by atoms with Gasteiger partial charge in [-0.3, -0.25) is 14.6 Å². The topological polar surface area (TPSA) is 85.5 Å². The van der Waals surface area contributed by atoms with Gasteiger partial charge >= 0.3 is 0 Å². The van der Waals surface area contributed by atoms with E-state index in [0.29, 0.717) is 17.2 Å². The van der Waals surface area contributed by atoms with Gasteiger partial charge in [0.1, 0.15) is 5.75 Å². The molecule has 1 aromatic heterocycles. The predicted octanol–water partition coefficient (Wildman–Crippen LogP) is 1.65. The molecule has 2 N–H and O–H groups in total. The number of aromatic nitrogens is 1. The highest BCUT2D eigenvalue weighted by atomic mass is 16.5. The van der Waals surface area contributed by atoms with Crippen molar-refractivity contribution < 1.29 is 14.3 Å². The summed E-state index contributed by atoms with van der Waals surface area (Å²) in [6, 6.07) is 10.5. The van der Waals surface area contributed by atoms with Crippen LogP contribution in [0.15, 0.2) is 48.8 Å². The molecule has 1 unspecified atom stereocenters. The first-order chi connectivity index (χ1) is 12.1. The van der Waals surface area contributed by atoms with Gasteiger partial charge in [-0.05, 0) is 60.7 Å². The van der Waals surface area contributed by atoms with E-state index in [1.165, 1.54) is 5.56 Å². The Morgan fingerprint density at radius 1 is 1.16 bits per heavy atom.